The zero-order valence-corrected chi connectivity index (χ0v) is 23.3. The van der Waals surface area contributed by atoms with Gasteiger partial charge >= 0.3 is 0 Å². The maximum absolute atomic E-state index is 13.9. The SMILES string of the molecule is CCn1cc([C@@H](CC(=O)N[C@H](Cc2ccccc2)c2ccccc2)c2cc(OC)cc(OC)c2)c2ccccc21. The third-order valence-electron chi connectivity index (χ3n) is 7.52. The monoisotopic (exact) mass is 532 g/mol. The van der Waals surface area contributed by atoms with Gasteiger partial charge in [0.2, 0.25) is 5.91 Å². The molecule has 1 amide bonds. The van der Waals surface area contributed by atoms with Crippen molar-refractivity contribution in [3.8, 4) is 11.5 Å². The average Bonchev–Trinajstić information content (AvgIpc) is 3.38. The molecule has 5 rings (SSSR count). The molecule has 0 spiro atoms. The van der Waals surface area contributed by atoms with Crippen molar-refractivity contribution in [1.29, 1.82) is 0 Å². The lowest BCUT2D eigenvalue weighted by Crippen LogP contribution is -2.31. The summed E-state index contributed by atoms with van der Waals surface area (Å²) < 4.78 is 13.5. The van der Waals surface area contributed by atoms with E-state index in [2.05, 4.69) is 71.5 Å². The van der Waals surface area contributed by atoms with E-state index in [1.54, 1.807) is 14.2 Å². The van der Waals surface area contributed by atoms with Crippen LogP contribution in [0.3, 0.4) is 0 Å². The Bertz CT molecular complexity index is 1540. The van der Waals surface area contributed by atoms with Gasteiger partial charge in [-0.2, -0.15) is 0 Å². The molecule has 1 heterocycles. The minimum absolute atomic E-state index is 0.00935. The van der Waals surface area contributed by atoms with Gasteiger partial charge in [-0.05, 0) is 53.8 Å². The second kappa shape index (κ2) is 12.6. The number of para-hydroxylation sites is 1. The Hall–Kier alpha value is -4.51. The van der Waals surface area contributed by atoms with E-state index in [9.17, 15) is 4.79 Å². The van der Waals surface area contributed by atoms with E-state index in [1.165, 1.54) is 5.56 Å². The molecular formula is C35H36N2O3. The van der Waals surface area contributed by atoms with Crippen LogP contribution < -0.4 is 14.8 Å². The molecule has 0 aliphatic rings. The van der Waals surface area contributed by atoms with Crippen molar-refractivity contribution in [2.75, 3.05) is 14.2 Å². The Morgan fingerprint density at radius 1 is 0.800 bits per heavy atom. The Balaban J connectivity index is 1.53. The summed E-state index contributed by atoms with van der Waals surface area (Å²) in [7, 11) is 3.30. The Morgan fingerprint density at radius 3 is 2.08 bits per heavy atom. The van der Waals surface area contributed by atoms with Crippen LogP contribution in [0.4, 0.5) is 0 Å². The van der Waals surface area contributed by atoms with Crippen molar-refractivity contribution in [2.24, 2.45) is 0 Å². The number of ether oxygens (including phenoxy) is 2. The fourth-order valence-electron chi connectivity index (χ4n) is 5.48. The third kappa shape index (κ3) is 6.04. The minimum atomic E-state index is -0.199. The number of aromatic nitrogens is 1. The number of hydrogen-bond acceptors (Lipinski definition) is 3. The Labute approximate surface area is 236 Å². The van der Waals surface area contributed by atoms with E-state index in [0.29, 0.717) is 17.9 Å². The number of methoxy groups -OCH3 is 2. The summed E-state index contributed by atoms with van der Waals surface area (Å²) in [6.07, 6.45) is 3.18. The number of aryl methyl sites for hydroxylation is 1. The second-order valence-electron chi connectivity index (χ2n) is 10.0. The molecule has 4 aromatic carbocycles. The van der Waals surface area contributed by atoms with E-state index in [-0.39, 0.29) is 24.3 Å². The summed E-state index contributed by atoms with van der Waals surface area (Å²) in [4.78, 5) is 13.9. The number of benzene rings is 4. The van der Waals surface area contributed by atoms with Gasteiger partial charge in [-0.1, -0.05) is 78.9 Å². The Kier molecular flexibility index (Phi) is 8.50. The van der Waals surface area contributed by atoms with E-state index < -0.39 is 0 Å². The molecule has 0 unspecified atom stereocenters. The van der Waals surface area contributed by atoms with Crippen LogP contribution >= 0.6 is 0 Å². The molecule has 40 heavy (non-hydrogen) atoms. The second-order valence-corrected chi connectivity index (χ2v) is 10.0. The third-order valence-corrected chi connectivity index (χ3v) is 7.52. The largest absolute Gasteiger partial charge is 0.497 e. The van der Waals surface area contributed by atoms with Crippen LogP contribution in [0, 0.1) is 0 Å². The number of carbonyl (C=O) groups excluding carboxylic acids is 1. The minimum Gasteiger partial charge on any atom is -0.497 e. The molecule has 2 atom stereocenters. The first-order valence-electron chi connectivity index (χ1n) is 13.8. The average molecular weight is 533 g/mol. The molecule has 0 bridgehead atoms. The number of carbonyl (C=O) groups is 1. The molecule has 0 fully saturated rings. The highest BCUT2D eigenvalue weighted by Crippen LogP contribution is 2.38. The van der Waals surface area contributed by atoms with Gasteiger partial charge in [0.15, 0.2) is 0 Å². The number of hydrogen-bond donors (Lipinski definition) is 1. The van der Waals surface area contributed by atoms with Gasteiger partial charge in [0, 0.05) is 42.0 Å². The number of amides is 1. The van der Waals surface area contributed by atoms with E-state index >= 15 is 0 Å². The van der Waals surface area contributed by atoms with Crippen LogP contribution in [-0.2, 0) is 17.8 Å². The molecule has 0 aliphatic heterocycles. The highest BCUT2D eigenvalue weighted by molar-refractivity contribution is 5.87. The maximum atomic E-state index is 13.9. The van der Waals surface area contributed by atoms with Gasteiger partial charge in [0.25, 0.3) is 0 Å². The van der Waals surface area contributed by atoms with Crippen molar-refractivity contribution in [2.45, 2.75) is 38.3 Å². The number of rotatable bonds is 11. The van der Waals surface area contributed by atoms with Crippen LogP contribution in [-0.4, -0.2) is 24.7 Å². The van der Waals surface area contributed by atoms with Crippen molar-refractivity contribution in [1.82, 2.24) is 9.88 Å². The van der Waals surface area contributed by atoms with Crippen molar-refractivity contribution < 1.29 is 14.3 Å². The van der Waals surface area contributed by atoms with E-state index in [0.717, 1.165) is 34.1 Å². The van der Waals surface area contributed by atoms with Gasteiger partial charge in [0.05, 0.1) is 20.3 Å². The number of nitrogens with zero attached hydrogens (tertiary/aromatic N) is 1. The molecule has 0 saturated carbocycles. The first kappa shape index (κ1) is 27.1. The maximum Gasteiger partial charge on any atom is 0.221 e. The summed E-state index contributed by atoms with van der Waals surface area (Å²) in [5, 5.41) is 4.52. The molecule has 0 saturated heterocycles. The lowest BCUT2D eigenvalue weighted by atomic mass is 9.87. The van der Waals surface area contributed by atoms with Crippen LogP contribution in [0.1, 0.15) is 47.6 Å². The molecule has 5 aromatic rings. The molecule has 0 radical (unpaired) electrons. The van der Waals surface area contributed by atoms with Crippen LogP contribution in [0.2, 0.25) is 0 Å². The van der Waals surface area contributed by atoms with Gasteiger partial charge in [-0.15, -0.1) is 0 Å². The van der Waals surface area contributed by atoms with Gasteiger partial charge in [0.1, 0.15) is 11.5 Å². The van der Waals surface area contributed by atoms with Crippen LogP contribution in [0.25, 0.3) is 10.9 Å². The topological polar surface area (TPSA) is 52.5 Å². The first-order valence-corrected chi connectivity index (χ1v) is 13.8. The fourth-order valence-corrected chi connectivity index (χ4v) is 5.48. The molecular weight excluding hydrogens is 496 g/mol. The Morgan fingerprint density at radius 2 is 1.43 bits per heavy atom. The fraction of sp³-hybridized carbons (Fsp3) is 0.229. The predicted molar refractivity (Wildman–Crippen MR) is 161 cm³/mol. The van der Waals surface area contributed by atoms with E-state index in [4.69, 9.17) is 9.47 Å². The van der Waals surface area contributed by atoms with E-state index in [1.807, 2.05) is 54.6 Å². The standard InChI is InChI=1S/C35H36N2O3/c1-4-37-24-32(30-17-11-12-18-34(30)37)31(27-20-28(39-2)22-29(21-27)40-3)23-35(38)36-33(26-15-9-6-10-16-26)19-25-13-7-5-8-14-25/h5-18,20-22,24,31,33H,4,19,23H2,1-3H3,(H,36,38)/t31-,33+/m0/s1. The van der Waals surface area contributed by atoms with Crippen molar-refractivity contribution >= 4 is 16.8 Å². The lowest BCUT2D eigenvalue weighted by Gasteiger charge is -2.23. The van der Waals surface area contributed by atoms with Crippen LogP contribution in [0.5, 0.6) is 11.5 Å². The van der Waals surface area contributed by atoms with Gasteiger partial charge in [-0.25, -0.2) is 0 Å². The van der Waals surface area contributed by atoms with Gasteiger partial charge in [-0.3, -0.25) is 4.79 Å². The number of fused-ring (bicyclic) bond motifs is 1. The quantitative estimate of drug-likeness (QED) is 0.194. The molecule has 1 aromatic heterocycles. The number of nitrogens with one attached hydrogen (secondary N) is 1. The summed E-state index contributed by atoms with van der Waals surface area (Å²) in [6, 6.07) is 34.6. The highest BCUT2D eigenvalue weighted by Gasteiger charge is 2.25. The first-order chi connectivity index (χ1) is 19.6. The molecule has 204 valence electrons. The molecule has 0 aliphatic carbocycles. The van der Waals surface area contributed by atoms with Crippen molar-refractivity contribution in [3.63, 3.8) is 0 Å². The summed E-state index contributed by atoms with van der Waals surface area (Å²) in [5.74, 6) is 1.19. The predicted octanol–water partition coefficient (Wildman–Crippen LogP) is 7.30. The molecule has 5 nitrogen and oxygen atoms in total. The summed E-state index contributed by atoms with van der Waals surface area (Å²) in [5.41, 5.74) is 5.51. The van der Waals surface area contributed by atoms with Crippen molar-refractivity contribution in [3.05, 3.63) is 132 Å². The summed E-state index contributed by atoms with van der Waals surface area (Å²) in [6.45, 7) is 2.98. The zero-order chi connectivity index (χ0) is 27.9. The zero-order valence-electron chi connectivity index (χ0n) is 23.3. The lowest BCUT2D eigenvalue weighted by molar-refractivity contribution is -0.122. The smallest absolute Gasteiger partial charge is 0.221 e. The normalized spacial score (nSPS) is 12.6. The molecule has 1 N–H and O–H groups in total. The van der Waals surface area contributed by atoms with Crippen LogP contribution in [0.15, 0.2) is 109 Å². The highest BCUT2D eigenvalue weighted by atomic mass is 16.5. The van der Waals surface area contributed by atoms with Gasteiger partial charge < -0.3 is 19.4 Å². The summed E-state index contributed by atoms with van der Waals surface area (Å²) >= 11 is 0. The molecule has 5 heteroatoms.